The largest absolute Gasteiger partial charge is 0.370 e. The molecule has 5 heteroatoms. The van der Waals surface area contributed by atoms with Crippen molar-refractivity contribution in [1.29, 1.82) is 5.41 Å². The molecule has 1 aliphatic rings. The molecule has 1 heterocycles. The standard InChI is InChI=1S/C12H24N4O/c1-9(11(17)15(2)3)7-10-5-4-6-16(8-10)12(13)14/h9-10H,4-8H2,1-3H3,(H3,13,14)/t9-,10?/m0/s1. The summed E-state index contributed by atoms with van der Waals surface area (Å²) in [4.78, 5) is 15.3. The van der Waals surface area contributed by atoms with Crippen molar-refractivity contribution in [2.45, 2.75) is 26.2 Å². The number of likely N-dealkylation sites (tertiary alicyclic amines) is 1. The van der Waals surface area contributed by atoms with Gasteiger partial charge in [0.15, 0.2) is 5.96 Å². The predicted octanol–water partition coefficient (Wildman–Crippen LogP) is 0.706. The summed E-state index contributed by atoms with van der Waals surface area (Å²) in [6.45, 7) is 3.68. The molecule has 1 fully saturated rings. The highest BCUT2D eigenvalue weighted by Gasteiger charge is 2.25. The Hall–Kier alpha value is -1.26. The second kappa shape index (κ2) is 5.89. The van der Waals surface area contributed by atoms with E-state index in [1.54, 1.807) is 19.0 Å². The predicted molar refractivity (Wildman–Crippen MR) is 68.7 cm³/mol. The molecule has 1 saturated heterocycles. The second-order valence-corrected chi connectivity index (χ2v) is 5.21. The van der Waals surface area contributed by atoms with Crippen molar-refractivity contribution in [3.8, 4) is 0 Å². The maximum Gasteiger partial charge on any atom is 0.224 e. The van der Waals surface area contributed by atoms with E-state index < -0.39 is 0 Å². The molecule has 0 aromatic heterocycles. The Kier molecular flexibility index (Phi) is 4.78. The number of guanidine groups is 1. The minimum Gasteiger partial charge on any atom is -0.370 e. The SMILES string of the molecule is C[C@@H](CC1CCCN(C(=N)N)C1)C(=O)N(C)C. The fourth-order valence-electron chi connectivity index (χ4n) is 2.52. The van der Waals surface area contributed by atoms with Crippen LogP contribution in [0.3, 0.4) is 0 Å². The Morgan fingerprint density at radius 1 is 1.59 bits per heavy atom. The highest BCUT2D eigenvalue weighted by molar-refractivity contribution is 5.78. The minimum atomic E-state index is 0.0573. The van der Waals surface area contributed by atoms with Crippen LogP contribution in [0.25, 0.3) is 0 Å². The molecule has 0 spiro atoms. The summed E-state index contributed by atoms with van der Waals surface area (Å²) in [6.07, 6.45) is 3.09. The van der Waals surface area contributed by atoms with E-state index in [0.29, 0.717) is 5.92 Å². The second-order valence-electron chi connectivity index (χ2n) is 5.21. The Labute approximate surface area is 103 Å². The molecule has 1 aliphatic heterocycles. The fourth-order valence-corrected chi connectivity index (χ4v) is 2.52. The lowest BCUT2D eigenvalue weighted by Gasteiger charge is -2.34. The Bertz CT molecular complexity index is 290. The summed E-state index contributed by atoms with van der Waals surface area (Å²) < 4.78 is 0. The molecule has 0 aromatic rings. The first-order valence-corrected chi connectivity index (χ1v) is 6.22. The summed E-state index contributed by atoms with van der Waals surface area (Å²) in [5.41, 5.74) is 5.50. The van der Waals surface area contributed by atoms with Crippen LogP contribution in [-0.2, 0) is 4.79 Å². The van der Waals surface area contributed by atoms with E-state index in [1.807, 2.05) is 11.8 Å². The smallest absolute Gasteiger partial charge is 0.224 e. The maximum atomic E-state index is 11.8. The van der Waals surface area contributed by atoms with Crippen molar-refractivity contribution in [1.82, 2.24) is 9.80 Å². The number of hydrogen-bond acceptors (Lipinski definition) is 2. The molecule has 98 valence electrons. The highest BCUT2D eigenvalue weighted by Crippen LogP contribution is 2.23. The number of amides is 1. The number of nitrogens with two attached hydrogens (primary N) is 1. The van der Waals surface area contributed by atoms with Crippen molar-refractivity contribution in [3.05, 3.63) is 0 Å². The average Bonchev–Trinajstić information content (AvgIpc) is 2.28. The van der Waals surface area contributed by atoms with E-state index in [1.165, 1.54) is 0 Å². The topological polar surface area (TPSA) is 73.4 Å². The summed E-state index contributed by atoms with van der Waals surface area (Å²) in [7, 11) is 3.59. The van der Waals surface area contributed by atoms with Crippen LogP contribution in [0.4, 0.5) is 0 Å². The van der Waals surface area contributed by atoms with Crippen LogP contribution in [-0.4, -0.2) is 48.9 Å². The average molecular weight is 240 g/mol. The number of carbonyl (C=O) groups is 1. The number of carbonyl (C=O) groups excluding carboxylic acids is 1. The van der Waals surface area contributed by atoms with Gasteiger partial charge in [0.05, 0.1) is 0 Å². The zero-order valence-corrected chi connectivity index (χ0v) is 11.1. The van der Waals surface area contributed by atoms with Gasteiger partial charge in [-0.05, 0) is 25.2 Å². The van der Waals surface area contributed by atoms with Gasteiger partial charge < -0.3 is 15.5 Å². The van der Waals surface area contributed by atoms with Crippen molar-refractivity contribution in [2.24, 2.45) is 17.6 Å². The molecule has 0 radical (unpaired) electrons. The molecule has 0 saturated carbocycles. The van der Waals surface area contributed by atoms with Crippen LogP contribution in [0.15, 0.2) is 0 Å². The van der Waals surface area contributed by atoms with Gasteiger partial charge >= 0.3 is 0 Å². The van der Waals surface area contributed by atoms with Crippen molar-refractivity contribution in [3.63, 3.8) is 0 Å². The van der Waals surface area contributed by atoms with Crippen molar-refractivity contribution in [2.75, 3.05) is 27.2 Å². The molecule has 1 amide bonds. The number of rotatable bonds is 3. The minimum absolute atomic E-state index is 0.0573. The first kappa shape index (κ1) is 13.8. The Morgan fingerprint density at radius 2 is 2.24 bits per heavy atom. The van der Waals surface area contributed by atoms with Gasteiger partial charge in [0.25, 0.3) is 0 Å². The molecule has 5 nitrogen and oxygen atoms in total. The molecule has 1 rings (SSSR count). The lowest BCUT2D eigenvalue weighted by atomic mass is 9.88. The lowest BCUT2D eigenvalue weighted by Crippen LogP contribution is -2.44. The molecular formula is C12H24N4O. The molecule has 0 aliphatic carbocycles. The lowest BCUT2D eigenvalue weighted by molar-refractivity contribution is -0.133. The van der Waals surface area contributed by atoms with Gasteiger partial charge in [-0.1, -0.05) is 6.92 Å². The van der Waals surface area contributed by atoms with E-state index in [-0.39, 0.29) is 17.8 Å². The van der Waals surface area contributed by atoms with Gasteiger partial charge in [0, 0.05) is 33.1 Å². The molecule has 3 N–H and O–H groups in total. The van der Waals surface area contributed by atoms with Crippen LogP contribution in [0.2, 0.25) is 0 Å². The zero-order valence-electron chi connectivity index (χ0n) is 11.1. The number of nitrogens with zero attached hydrogens (tertiary/aromatic N) is 2. The molecular weight excluding hydrogens is 216 g/mol. The zero-order chi connectivity index (χ0) is 13.0. The summed E-state index contributed by atoms with van der Waals surface area (Å²) >= 11 is 0. The molecule has 2 atom stereocenters. The monoisotopic (exact) mass is 240 g/mol. The van der Waals surface area contributed by atoms with E-state index in [4.69, 9.17) is 11.1 Å². The summed E-state index contributed by atoms with van der Waals surface area (Å²) in [6, 6.07) is 0. The highest BCUT2D eigenvalue weighted by atomic mass is 16.2. The quantitative estimate of drug-likeness (QED) is 0.563. The van der Waals surface area contributed by atoms with Gasteiger partial charge in [-0.25, -0.2) is 0 Å². The van der Waals surface area contributed by atoms with Crippen LogP contribution in [0.5, 0.6) is 0 Å². The van der Waals surface area contributed by atoms with Crippen LogP contribution >= 0.6 is 0 Å². The third-order valence-corrected chi connectivity index (χ3v) is 3.41. The first-order chi connectivity index (χ1) is 7.91. The van der Waals surface area contributed by atoms with Gasteiger partial charge in [0.2, 0.25) is 5.91 Å². The fraction of sp³-hybridized carbons (Fsp3) is 0.833. The Balaban J connectivity index is 2.46. The van der Waals surface area contributed by atoms with Gasteiger partial charge in [-0.3, -0.25) is 10.2 Å². The van der Waals surface area contributed by atoms with E-state index >= 15 is 0 Å². The Morgan fingerprint density at radius 3 is 2.76 bits per heavy atom. The van der Waals surface area contributed by atoms with Crippen molar-refractivity contribution >= 4 is 11.9 Å². The van der Waals surface area contributed by atoms with Crippen molar-refractivity contribution < 1.29 is 4.79 Å². The van der Waals surface area contributed by atoms with E-state index in [9.17, 15) is 4.79 Å². The number of nitrogens with one attached hydrogen (secondary N) is 1. The summed E-state index contributed by atoms with van der Waals surface area (Å²) in [5, 5.41) is 7.44. The van der Waals surface area contributed by atoms with Gasteiger partial charge in [0.1, 0.15) is 0 Å². The van der Waals surface area contributed by atoms with Crippen LogP contribution < -0.4 is 5.73 Å². The van der Waals surface area contributed by atoms with Gasteiger partial charge in [-0.2, -0.15) is 0 Å². The maximum absolute atomic E-state index is 11.8. The van der Waals surface area contributed by atoms with Crippen LogP contribution in [0.1, 0.15) is 26.2 Å². The van der Waals surface area contributed by atoms with E-state index in [2.05, 4.69) is 0 Å². The molecule has 0 aromatic carbocycles. The molecule has 1 unspecified atom stereocenters. The summed E-state index contributed by atoms with van der Waals surface area (Å²) in [5.74, 6) is 0.875. The first-order valence-electron chi connectivity index (χ1n) is 6.22. The van der Waals surface area contributed by atoms with Gasteiger partial charge in [-0.15, -0.1) is 0 Å². The van der Waals surface area contributed by atoms with Crippen LogP contribution in [0, 0.1) is 17.2 Å². The van der Waals surface area contributed by atoms with E-state index in [0.717, 1.165) is 32.4 Å². The molecule has 0 bridgehead atoms. The normalized spacial score (nSPS) is 22.1. The third kappa shape index (κ3) is 3.91. The third-order valence-electron chi connectivity index (χ3n) is 3.41. The number of piperidine rings is 1. The number of hydrogen-bond donors (Lipinski definition) is 2. The molecule has 17 heavy (non-hydrogen) atoms.